The first-order valence-electron chi connectivity index (χ1n) is 7.34. The van der Waals surface area contributed by atoms with Crippen molar-refractivity contribution in [3.8, 4) is 0 Å². The average Bonchev–Trinajstić information content (AvgIpc) is 2.95. The molecule has 3 rings (SSSR count). The second-order valence-electron chi connectivity index (χ2n) is 5.39. The molecular weight excluding hydrogens is 313 g/mol. The number of nitrogens with one attached hydrogen (secondary N) is 1. The number of halogens is 2. The lowest BCUT2D eigenvalue weighted by Gasteiger charge is -2.19. The molecule has 0 saturated carbocycles. The summed E-state index contributed by atoms with van der Waals surface area (Å²) in [4.78, 5) is 4.43. The summed E-state index contributed by atoms with van der Waals surface area (Å²) in [6.07, 6.45) is 3.65. The lowest BCUT2D eigenvalue weighted by atomic mass is 10.1. The Labute approximate surface area is 139 Å². The fraction of sp³-hybridized carbons (Fsp3) is 0.167. The molecule has 5 heteroatoms. The standard InChI is InChI=1S/C18H17ClFN3/c1-23-10-9-21-18(23)17(14-5-7-16(20)8-6-14)22-12-13-3-2-4-15(19)11-13/h2-11,17,22H,12H2,1H3/t17-/m1/s1. The molecule has 23 heavy (non-hydrogen) atoms. The van der Waals surface area contributed by atoms with Crippen LogP contribution in [0.1, 0.15) is 23.0 Å². The number of benzene rings is 2. The highest BCUT2D eigenvalue weighted by Crippen LogP contribution is 2.22. The molecular formula is C18H17ClFN3. The van der Waals surface area contributed by atoms with E-state index in [0.29, 0.717) is 11.6 Å². The molecule has 1 atom stereocenters. The number of aromatic nitrogens is 2. The molecule has 1 aromatic heterocycles. The minimum absolute atomic E-state index is 0.130. The van der Waals surface area contributed by atoms with Gasteiger partial charge in [-0.15, -0.1) is 0 Å². The summed E-state index contributed by atoms with van der Waals surface area (Å²) in [5, 5.41) is 4.19. The van der Waals surface area contributed by atoms with Crippen LogP contribution in [0, 0.1) is 5.82 Å². The minimum Gasteiger partial charge on any atom is -0.336 e. The highest BCUT2D eigenvalue weighted by molar-refractivity contribution is 6.30. The molecule has 0 fully saturated rings. The van der Waals surface area contributed by atoms with Crippen molar-refractivity contribution in [2.24, 2.45) is 7.05 Å². The highest BCUT2D eigenvalue weighted by atomic mass is 35.5. The van der Waals surface area contributed by atoms with Crippen LogP contribution in [-0.4, -0.2) is 9.55 Å². The Morgan fingerprint density at radius 3 is 2.65 bits per heavy atom. The zero-order valence-electron chi connectivity index (χ0n) is 12.7. The summed E-state index contributed by atoms with van der Waals surface area (Å²) in [5.74, 6) is 0.626. The van der Waals surface area contributed by atoms with Gasteiger partial charge < -0.3 is 4.57 Å². The largest absolute Gasteiger partial charge is 0.336 e. The zero-order valence-corrected chi connectivity index (χ0v) is 13.5. The first-order chi connectivity index (χ1) is 11.1. The zero-order chi connectivity index (χ0) is 16.2. The van der Waals surface area contributed by atoms with Gasteiger partial charge in [0.1, 0.15) is 11.6 Å². The fourth-order valence-electron chi connectivity index (χ4n) is 2.54. The summed E-state index contributed by atoms with van der Waals surface area (Å²) in [5.41, 5.74) is 2.04. The van der Waals surface area contributed by atoms with Crippen molar-refractivity contribution in [3.63, 3.8) is 0 Å². The molecule has 3 aromatic rings. The van der Waals surface area contributed by atoms with Crippen LogP contribution in [0.5, 0.6) is 0 Å². The van der Waals surface area contributed by atoms with Crippen LogP contribution in [0.4, 0.5) is 4.39 Å². The lowest BCUT2D eigenvalue weighted by Crippen LogP contribution is -2.24. The van der Waals surface area contributed by atoms with Gasteiger partial charge in [-0.25, -0.2) is 9.37 Å². The Balaban J connectivity index is 1.86. The van der Waals surface area contributed by atoms with Gasteiger partial charge in [-0.05, 0) is 35.4 Å². The monoisotopic (exact) mass is 329 g/mol. The van der Waals surface area contributed by atoms with E-state index in [-0.39, 0.29) is 11.9 Å². The Morgan fingerprint density at radius 1 is 1.22 bits per heavy atom. The molecule has 3 nitrogen and oxygen atoms in total. The van der Waals surface area contributed by atoms with Crippen molar-refractivity contribution in [2.75, 3.05) is 0 Å². The Kier molecular flexibility index (Phi) is 4.74. The maximum atomic E-state index is 13.2. The quantitative estimate of drug-likeness (QED) is 0.764. The predicted molar refractivity (Wildman–Crippen MR) is 89.7 cm³/mol. The number of hydrogen-bond donors (Lipinski definition) is 1. The van der Waals surface area contributed by atoms with Gasteiger partial charge in [0, 0.05) is 31.0 Å². The van der Waals surface area contributed by atoms with Crippen molar-refractivity contribution >= 4 is 11.6 Å². The van der Waals surface area contributed by atoms with Crippen LogP contribution in [0.3, 0.4) is 0 Å². The predicted octanol–water partition coefficient (Wildman–Crippen LogP) is 4.09. The summed E-state index contributed by atoms with van der Waals surface area (Å²) in [7, 11) is 1.94. The van der Waals surface area contributed by atoms with Crippen LogP contribution in [-0.2, 0) is 13.6 Å². The number of aryl methyl sites for hydroxylation is 1. The second kappa shape index (κ2) is 6.94. The number of nitrogens with zero attached hydrogens (tertiary/aromatic N) is 2. The van der Waals surface area contributed by atoms with Gasteiger partial charge in [0.15, 0.2) is 0 Å². The van der Waals surface area contributed by atoms with Gasteiger partial charge in [0.05, 0.1) is 6.04 Å². The summed E-state index contributed by atoms with van der Waals surface area (Å²) >= 11 is 6.03. The van der Waals surface area contributed by atoms with E-state index in [2.05, 4.69) is 10.3 Å². The summed E-state index contributed by atoms with van der Waals surface area (Å²) in [6, 6.07) is 14.1. The fourth-order valence-corrected chi connectivity index (χ4v) is 2.75. The Morgan fingerprint density at radius 2 is 2.00 bits per heavy atom. The molecule has 0 amide bonds. The van der Waals surface area contributed by atoms with Gasteiger partial charge in [0.2, 0.25) is 0 Å². The highest BCUT2D eigenvalue weighted by Gasteiger charge is 2.18. The molecule has 1 N–H and O–H groups in total. The summed E-state index contributed by atoms with van der Waals surface area (Å²) in [6.45, 7) is 0.634. The topological polar surface area (TPSA) is 29.9 Å². The second-order valence-corrected chi connectivity index (χ2v) is 5.83. The van der Waals surface area contributed by atoms with Crippen molar-refractivity contribution in [1.82, 2.24) is 14.9 Å². The third-order valence-corrected chi connectivity index (χ3v) is 3.95. The normalized spacial score (nSPS) is 12.3. The number of hydrogen-bond acceptors (Lipinski definition) is 2. The Bertz CT molecular complexity index is 783. The molecule has 2 aromatic carbocycles. The Hall–Kier alpha value is -2.17. The SMILES string of the molecule is Cn1ccnc1[C@H](NCc1cccc(Cl)c1)c1ccc(F)cc1. The van der Waals surface area contributed by atoms with E-state index in [1.54, 1.807) is 18.3 Å². The molecule has 0 radical (unpaired) electrons. The van der Waals surface area contributed by atoms with Crippen molar-refractivity contribution in [3.05, 3.63) is 88.7 Å². The molecule has 0 spiro atoms. The van der Waals surface area contributed by atoms with Crippen LogP contribution in [0.15, 0.2) is 60.9 Å². The maximum Gasteiger partial charge on any atom is 0.130 e. The first-order valence-corrected chi connectivity index (χ1v) is 7.72. The van der Waals surface area contributed by atoms with E-state index in [1.165, 1.54) is 12.1 Å². The molecule has 1 heterocycles. The smallest absolute Gasteiger partial charge is 0.130 e. The number of rotatable bonds is 5. The van der Waals surface area contributed by atoms with Gasteiger partial charge in [-0.2, -0.15) is 0 Å². The van der Waals surface area contributed by atoms with E-state index < -0.39 is 0 Å². The van der Waals surface area contributed by atoms with Crippen molar-refractivity contribution < 1.29 is 4.39 Å². The maximum absolute atomic E-state index is 13.2. The van der Waals surface area contributed by atoms with Crippen LogP contribution in [0.2, 0.25) is 5.02 Å². The summed E-state index contributed by atoms with van der Waals surface area (Å²) < 4.78 is 15.2. The van der Waals surface area contributed by atoms with E-state index in [1.807, 2.05) is 42.1 Å². The van der Waals surface area contributed by atoms with Crippen LogP contribution >= 0.6 is 11.6 Å². The third-order valence-electron chi connectivity index (χ3n) is 3.72. The van der Waals surface area contributed by atoms with Gasteiger partial charge in [-0.1, -0.05) is 35.9 Å². The van der Waals surface area contributed by atoms with Crippen LogP contribution in [0.25, 0.3) is 0 Å². The van der Waals surface area contributed by atoms with Crippen molar-refractivity contribution in [1.29, 1.82) is 0 Å². The molecule has 0 saturated heterocycles. The average molecular weight is 330 g/mol. The van der Waals surface area contributed by atoms with Gasteiger partial charge in [0.25, 0.3) is 0 Å². The van der Waals surface area contributed by atoms with Crippen LogP contribution < -0.4 is 5.32 Å². The van der Waals surface area contributed by atoms with E-state index >= 15 is 0 Å². The van der Waals surface area contributed by atoms with Gasteiger partial charge >= 0.3 is 0 Å². The van der Waals surface area contributed by atoms with E-state index in [9.17, 15) is 4.39 Å². The lowest BCUT2D eigenvalue weighted by molar-refractivity contribution is 0.555. The van der Waals surface area contributed by atoms with Gasteiger partial charge in [-0.3, -0.25) is 5.32 Å². The molecule has 0 unspecified atom stereocenters. The molecule has 0 bridgehead atoms. The molecule has 118 valence electrons. The van der Waals surface area contributed by atoms with E-state index in [0.717, 1.165) is 17.0 Å². The molecule has 0 aliphatic carbocycles. The number of imidazole rings is 1. The van der Waals surface area contributed by atoms with E-state index in [4.69, 9.17) is 11.6 Å². The third kappa shape index (κ3) is 3.78. The van der Waals surface area contributed by atoms with Crippen molar-refractivity contribution in [2.45, 2.75) is 12.6 Å². The molecule has 0 aliphatic rings. The first kappa shape index (κ1) is 15.7. The molecule has 0 aliphatic heterocycles. The minimum atomic E-state index is -0.248.